The van der Waals surface area contributed by atoms with Crippen molar-refractivity contribution in [3.63, 3.8) is 0 Å². The molecule has 1 saturated heterocycles. The average Bonchev–Trinajstić information content (AvgIpc) is 2.49. The highest BCUT2D eigenvalue weighted by atomic mass is 16.3. The van der Waals surface area contributed by atoms with E-state index in [0.29, 0.717) is 5.75 Å². The van der Waals surface area contributed by atoms with E-state index in [-0.39, 0.29) is 0 Å². The zero-order valence-electron chi connectivity index (χ0n) is 11.5. The first-order valence-corrected chi connectivity index (χ1v) is 7.15. The lowest BCUT2D eigenvalue weighted by Gasteiger charge is -2.31. The number of nitrogens with zero attached hydrogens (tertiary/aromatic N) is 1. The molecule has 104 valence electrons. The van der Waals surface area contributed by atoms with Gasteiger partial charge in [-0.15, -0.1) is 0 Å². The second kappa shape index (κ2) is 5.97. The molecule has 0 aromatic heterocycles. The van der Waals surface area contributed by atoms with E-state index >= 15 is 0 Å². The van der Waals surface area contributed by atoms with Crippen molar-refractivity contribution in [3.05, 3.63) is 59.7 Å². The van der Waals surface area contributed by atoms with Crippen LogP contribution >= 0.6 is 0 Å². The molecular weight excluding hydrogens is 248 g/mol. The number of nitrogens with one attached hydrogen (secondary N) is 1. The normalized spacial score (nSPS) is 15.3. The standard InChI is InChI=1S/C17H20N2O/c20-16-8-4-7-15(13-14-5-2-1-3-6-14)17(16)19-11-9-18-10-12-19/h1-8,18,20H,9-13H2. The fourth-order valence-electron chi connectivity index (χ4n) is 2.79. The topological polar surface area (TPSA) is 35.5 Å². The van der Waals surface area contributed by atoms with Crippen LogP contribution in [-0.4, -0.2) is 31.3 Å². The zero-order chi connectivity index (χ0) is 13.8. The van der Waals surface area contributed by atoms with Crippen molar-refractivity contribution in [2.45, 2.75) is 6.42 Å². The summed E-state index contributed by atoms with van der Waals surface area (Å²) in [7, 11) is 0. The molecule has 0 aliphatic carbocycles. The van der Waals surface area contributed by atoms with E-state index in [2.05, 4.69) is 40.5 Å². The first-order chi connectivity index (χ1) is 9.84. The smallest absolute Gasteiger partial charge is 0.139 e. The Morgan fingerprint density at radius 1 is 0.950 bits per heavy atom. The largest absolute Gasteiger partial charge is 0.506 e. The molecule has 2 aromatic rings. The molecule has 0 atom stereocenters. The highest BCUT2D eigenvalue weighted by molar-refractivity contribution is 5.64. The molecule has 3 rings (SSSR count). The Bertz CT molecular complexity index is 562. The summed E-state index contributed by atoms with van der Waals surface area (Å²) < 4.78 is 0. The molecule has 0 amide bonds. The molecule has 1 heterocycles. The molecule has 3 heteroatoms. The second-order valence-corrected chi connectivity index (χ2v) is 5.18. The predicted molar refractivity (Wildman–Crippen MR) is 82.4 cm³/mol. The highest BCUT2D eigenvalue weighted by Crippen LogP contribution is 2.32. The lowest BCUT2D eigenvalue weighted by Crippen LogP contribution is -2.43. The van der Waals surface area contributed by atoms with Crippen LogP contribution in [-0.2, 0) is 6.42 Å². The molecule has 0 unspecified atom stereocenters. The van der Waals surface area contributed by atoms with Gasteiger partial charge in [-0.05, 0) is 23.6 Å². The maximum Gasteiger partial charge on any atom is 0.139 e. The van der Waals surface area contributed by atoms with E-state index in [1.54, 1.807) is 6.07 Å². The molecule has 0 bridgehead atoms. The summed E-state index contributed by atoms with van der Waals surface area (Å²) in [4.78, 5) is 2.28. The SMILES string of the molecule is Oc1cccc(Cc2ccccc2)c1N1CCNCC1. The minimum atomic E-state index is 0.389. The van der Waals surface area contributed by atoms with E-state index in [1.165, 1.54) is 11.1 Å². The van der Waals surface area contributed by atoms with Gasteiger partial charge < -0.3 is 15.3 Å². The number of rotatable bonds is 3. The number of hydrogen-bond donors (Lipinski definition) is 2. The van der Waals surface area contributed by atoms with Crippen LogP contribution in [0, 0.1) is 0 Å². The summed E-state index contributed by atoms with van der Waals surface area (Å²) >= 11 is 0. The molecule has 0 saturated carbocycles. The minimum Gasteiger partial charge on any atom is -0.506 e. The summed E-state index contributed by atoms with van der Waals surface area (Å²) in [5, 5.41) is 13.6. The number of hydrogen-bond acceptors (Lipinski definition) is 3. The van der Waals surface area contributed by atoms with Gasteiger partial charge in [0.2, 0.25) is 0 Å². The Kier molecular flexibility index (Phi) is 3.88. The van der Waals surface area contributed by atoms with Gasteiger partial charge in [0.05, 0.1) is 5.69 Å². The van der Waals surface area contributed by atoms with Gasteiger partial charge in [0.1, 0.15) is 5.75 Å². The van der Waals surface area contributed by atoms with Crippen LogP contribution in [0.5, 0.6) is 5.75 Å². The van der Waals surface area contributed by atoms with Crippen LogP contribution in [0.1, 0.15) is 11.1 Å². The van der Waals surface area contributed by atoms with E-state index in [1.807, 2.05) is 12.1 Å². The van der Waals surface area contributed by atoms with E-state index in [4.69, 9.17) is 0 Å². The molecule has 2 N–H and O–H groups in total. The van der Waals surface area contributed by atoms with E-state index in [9.17, 15) is 5.11 Å². The van der Waals surface area contributed by atoms with Crippen LogP contribution in [0.4, 0.5) is 5.69 Å². The van der Waals surface area contributed by atoms with Crippen LogP contribution in [0.3, 0.4) is 0 Å². The lowest BCUT2D eigenvalue weighted by molar-refractivity contribution is 0.469. The fraction of sp³-hybridized carbons (Fsp3) is 0.294. The number of anilines is 1. The molecule has 2 aromatic carbocycles. The maximum absolute atomic E-state index is 10.3. The van der Waals surface area contributed by atoms with Crippen molar-refractivity contribution < 1.29 is 5.11 Å². The number of piperazine rings is 1. The molecule has 1 aliphatic heterocycles. The zero-order valence-corrected chi connectivity index (χ0v) is 11.5. The van der Waals surface area contributed by atoms with Gasteiger partial charge in [-0.3, -0.25) is 0 Å². The highest BCUT2D eigenvalue weighted by Gasteiger charge is 2.17. The Labute approximate surface area is 119 Å². The Balaban J connectivity index is 1.92. The summed E-state index contributed by atoms with van der Waals surface area (Å²) in [6, 6.07) is 16.2. The number of phenols is 1. The fourth-order valence-corrected chi connectivity index (χ4v) is 2.79. The second-order valence-electron chi connectivity index (χ2n) is 5.18. The molecule has 1 aliphatic rings. The van der Waals surface area contributed by atoms with Crippen molar-refractivity contribution in [3.8, 4) is 5.75 Å². The maximum atomic E-state index is 10.3. The molecule has 3 nitrogen and oxygen atoms in total. The molecule has 20 heavy (non-hydrogen) atoms. The van der Waals surface area contributed by atoms with Crippen LogP contribution in [0.2, 0.25) is 0 Å². The van der Waals surface area contributed by atoms with Crippen molar-refractivity contribution in [2.75, 3.05) is 31.1 Å². The molecular formula is C17H20N2O. The Morgan fingerprint density at radius 3 is 2.45 bits per heavy atom. The van der Waals surface area contributed by atoms with Crippen LogP contribution in [0.25, 0.3) is 0 Å². The predicted octanol–water partition coefficient (Wildman–Crippen LogP) is 2.39. The van der Waals surface area contributed by atoms with Crippen LogP contribution in [0.15, 0.2) is 48.5 Å². The van der Waals surface area contributed by atoms with Crippen molar-refractivity contribution in [2.24, 2.45) is 0 Å². The first-order valence-electron chi connectivity index (χ1n) is 7.15. The van der Waals surface area contributed by atoms with Crippen molar-refractivity contribution >= 4 is 5.69 Å². The van der Waals surface area contributed by atoms with Gasteiger partial charge in [-0.1, -0.05) is 42.5 Å². The third-order valence-electron chi connectivity index (χ3n) is 3.77. The monoisotopic (exact) mass is 268 g/mol. The lowest BCUT2D eigenvalue weighted by atomic mass is 10.0. The van der Waals surface area contributed by atoms with Crippen molar-refractivity contribution in [1.29, 1.82) is 0 Å². The summed E-state index contributed by atoms with van der Waals surface area (Å²) in [5.74, 6) is 0.389. The minimum absolute atomic E-state index is 0.389. The number of benzene rings is 2. The molecule has 1 fully saturated rings. The van der Waals surface area contributed by atoms with Gasteiger partial charge in [-0.25, -0.2) is 0 Å². The van der Waals surface area contributed by atoms with Gasteiger partial charge in [0.15, 0.2) is 0 Å². The van der Waals surface area contributed by atoms with Gasteiger partial charge in [0.25, 0.3) is 0 Å². The summed E-state index contributed by atoms with van der Waals surface area (Å²) in [6.07, 6.45) is 0.856. The number of para-hydroxylation sites is 1. The Hall–Kier alpha value is -2.00. The first kappa shape index (κ1) is 13.0. The van der Waals surface area contributed by atoms with Crippen LogP contribution < -0.4 is 10.2 Å². The molecule has 0 radical (unpaired) electrons. The van der Waals surface area contributed by atoms with Gasteiger partial charge in [0, 0.05) is 26.2 Å². The quantitative estimate of drug-likeness (QED) is 0.897. The average molecular weight is 268 g/mol. The summed E-state index contributed by atoms with van der Waals surface area (Å²) in [6.45, 7) is 3.83. The third-order valence-corrected chi connectivity index (χ3v) is 3.77. The Morgan fingerprint density at radius 2 is 1.70 bits per heavy atom. The van der Waals surface area contributed by atoms with Gasteiger partial charge >= 0.3 is 0 Å². The van der Waals surface area contributed by atoms with Gasteiger partial charge in [-0.2, -0.15) is 0 Å². The number of phenolic OH excluding ortho intramolecular Hbond substituents is 1. The number of aromatic hydroxyl groups is 1. The van der Waals surface area contributed by atoms with Crippen molar-refractivity contribution in [1.82, 2.24) is 5.32 Å². The third kappa shape index (κ3) is 2.78. The summed E-state index contributed by atoms with van der Waals surface area (Å²) in [5.41, 5.74) is 3.46. The van der Waals surface area contributed by atoms with E-state index < -0.39 is 0 Å². The molecule has 0 spiro atoms. The van der Waals surface area contributed by atoms with E-state index in [0.717, 1.165) is 38.3 Å².